The van der Waals surface area contributed by atoms with Gasteiger partial charge in [-0.05, 0) is 38.0 Å². The fourth-order valence-electron chi connectivity index (χ4n) is 4.23. The number of hydrogen-bond donors (Lipinski definition) is 1. The van der Waals surface area contributed by atoms with Crippen LogP contribution in [0.25, 0.3) is 22.2 Å². The first-order valence-electron chi connectivity index (χ1n) is 11.6. The van der Waals surface area contributed by atoms with Gasteiger partial charge in [0.1, 0.15) is 10.7 Å². The molecule has 0 bridgehead atoms. The van der Waals surface area contributed by atoms with Gasteiger partial charge in [-0.1, -0.05) is 48.1 Å². The van der Waals surface area contributed by atoms with E-state index in [0.717, 1.165) is 48.4 Å². The second kappa shape index (κ2) is 9.79. The third-order valence-corrected chi connectivity index (χ3v) is 6.89. The standard InChI is InChI=1S/C26H24N4O4S/c1-2-34-25(33)22-21(16-9-5-3-6-10-16)28-26(35-22)29-23(31)17-12-13-18-19(15-17)27-20-11-7-4-8-14-30(20)24(18)32/h3,5-6,9-10,12-13,15H,2,4,7-8,11,14H2,1H3,(H,28,29,31). The van der Waals surface area contributed by atoms with E-state index in [0.29, 0.717) is 33.6 Å². The SMILES string of the molecule is CCOC(=O)c1sc(NC(=O)c2ccc3c(=O)n4c(nc3c2)CCCCC4)nc1-c1ccccc1. The van der Waals surface area contributed by atoms with Gasteiger partial charge in [-0.15, -0.1) is 0 Å². The molecular weight excluding hydrogens is 464 g/mol. The highest BCUT2D eigenvalue weighted by Gasteiger charge is 2.22. The highest BCUT2D eigenvalue weighted by molar-refractivity contribution is 7.18. The Hall–Kier alpha value is -3.85. The molecule has 0 fully saturated rings. The van der Waals surface area contributed by atoms with Crippen LogP contribution in [0.1, 0.15) is 52.0 Å². The van der Waals surface area contributed by atoms with Gasteiger partial charge in [0.15, 0.2) is 5.13 Å². The highest BCUT2D eigenvalue weighted by atomic mass is 32.1. The molecule has 0 unspecified atom stereocenters. The summed E-state index contributed by atoms with van der Waals surface area (Å²) in [6.07, 6.45) is 3.78. The number of ether oxygens (including phenoxy) is 1. The third-order valence-electron chi connectivity index (χ3n) is 5.93. The number of thiazole rings is 1. The Labute approximate surface area is 205 Å². The van der Waals surface area contributed by atoms with E-state index in [1.54, 1.807) is 29.7 Å². The van der Waals surface area contributed by atoms with E-state index in [-0.39, 0.29) is 17.3 Å². The maximum Gasteiger partial charge on any atom is 0.350 e. The van der Waals surface area contributed by atoms with Crippen LogP contribution in [0.4, 0.5) is 5.13 Å². The lowest BCUT2D eigenvalue weighted by molar-refractivity contribution is 0.0532. The molecule has 2 aromatic carbocycles. The maximum atomic E-state index is 13.1. The Morgan fingerprint density at radius 3 is 2.71 bits per heavy atom. The van der Waals surface area contributed by atoms with Gasteiger partial charge >= 0.3 is 5.97 Å². The van der Waals surface area contributed by atoms with Gasteiger partial charge in [0.05, 0.1) is 23.2 Å². The number of esters is 1. The number of amides is 1. The quantitative estimate of drug-likeness (QED) is 0.409. The van der Waals surface area contributed by atoms with Crippen LogP contribution in [-0.4, -0.2) is 33.0 Å². The summed E-state index contributed by atoms with van der Waals surface area (Å²) < 4.78 is 6.94. The Morgan fingerprint density at radius 2 is 1.91 bits per heavy atom. The molecule has 178 valence electrons. The minimum absolute atomic E-state index is 0.0645. The van der Waals surface area contributed by atoms with Crippen molar-refractivity contribution >= 4 is 39.2 Å². The lowest BCUT2D eigenvalue weighted by Gasteiger charge is -2.10. The van der Waals surface area contributed by atoms with Crippen LogP contribution < -0.4 is 10.9 Å². The van der Waals surface area contributed by atoms with E-state index in [1.807, 2.05) is 30.3 Å². The van der Waals surface area contributed by atoms with E-state index in [4.69, 9.17) is 9.72 Å². The zero-order valence-corrected chi connectivity index (χ0v) is 20.1. The van der Waals surface area contributed by atoms with Gasteiger partial charge in [-0.25, -0.2) is 14.8 Å². The monoisotopic (exact) mass is 488 g/mol. The summed E-state index contributed by atoms with van der Waals surface area (Å²) in [4.78, 5) is 48.1. The van der Waals surface area contributed by atoms with Crippen molar-refractivity contribution in [3.05, 3.63) is 75.1 Å². The average Bonchev–Trinajstić information content (AvgIpc) is 3.14. The number of fused-ring (bicyclic) bond motifs is 2. The summed E-state index contributed by atoms with van der Waals surface area (Å²) in [5.74, 6) is -0.114. The summed E-state index contributed by atoms with van der Waals surface area (Å²) in [5.41, 5.74) is 2.01. The second-order valence-corrected chi connectivity index (χ2v) is 9.26. The summed E-state index contributed by atoms with van der Waals surface area (Å²) >= 11 is 1.07. The Morgan fingerprint density at radius 1 is 1.09 bits per heavy atom. The van der Waals surface area contributed by atoms with Crippen molar-refractivity contribution in [1.29, 1.82) is 0 Å². The molecule has 35 heavy (non-hydrogen) atoms. The van der Waals surface area contributed by atoms with E-state index in [9.17, 15) is 14.4 Å². The molecule has 0 aliphatic carbocycles. The van der Waals surface area contributed by atoms with Gasteiger partial charge < -0.3 is 4.74 Å². The molecule has 1 N–H and O–H groups in total. The largest absolute Gasteiger partial charge is 0.462 e. The number of benzene rings is 2. The molecular formula is C26H24N4O4S. The smallest absolute Gasteiger partial charge is 0.350 e. The molecule has 8 nitrogen and oxygen atoms in total. The number of nitrogens with zero attached hydrogens (tertiary/aromatic N) is 3. The first-order valence-corrected chi connectivity index (χ1v) is 12.4. The topological polar surface area (TPSA) is 103 Å². The van der Waals surface area contributed by atoms with Crippen molar-refractivity contribution in [1.82, 2.24) is 14.5 Å². The molecule has 0 radical (unpaired) electrons. The molecule has 0 saturated heterocycles. The molecule has 0 atom stereocenters. The fourth-order valence-corrected chi connectivity index (χ4v) is 5.11. The van der Waals surface area contributed by atoms with Crippen LogP contribution in [-0.2, 0) is 17.7 Å². The molecule has 2 aromatic heterocycles. The van der Waals surface area contributed by atoms with Crippen LogP contribution in [0.3, 0.4) is 0 Å². The van der Waals surface area contributed by atoms with Crippen LogP contribution in [0.2, 0.25) is 0 Å². The van der Waals surface area contributed by atoms with Gasteiger partial charge in [-0.3, -0.25) is 19.5 Å². The second-order valence-electron chi connectivity index (χ2n) is 8.26. The summed E-state index contributed by atoms with van der Waals surface area (Å²) in [7, 11) is 0. The molecule has 3 heterocycles. The maximum absolute atomic E-state index is 13.1. The van der Waals surface area contributed by atoms with Gasteiger partial charge in [0.2, 0.25) is 0 Å². The van der Waals surface area contributed by atoms with E-state index >= 15 is 0 Å². The van der Waals surface area contributed by atoms with E-state index < -0.39 is 11.9 Å². The Bertz CT molecular complexity index is 1480. The summed E-state index contributed by atoms with van der Waals surface area (Å²) in [5, 5.41) is 3.57. The summed E-state index contributed by atoms with van der Waals surface area (Å²) in [6, 6.07) is 14.2. The number of nitrogens with one attached hydrogen (secondary N) is 1. The predicted octanol–water partition coefficient (Wildman–Crippen LogP) is 4.68. The number of anilines is 1. The molecule has 0 saturated carbocycles. The zero-order chi connectivity index (χ0) is 24.4. The van der Waals surface area contributed by atoms with Crippen molar-refractivity contribution in [3.63, 3.8) is 0 Å². The van der Waals surface area contributed by atoms with Crippen LogP contribution in [0.5, 0.6) is 0 Å². The van der Waals surface area contributed by atoms with Crippen LogP contribution in [0.15, 0.2) is 53.3 Å². The van der Waals surface area contributed by atoms with Crippen LogP contribution in [0, 0.1) is 0 Å². The fraction of sp³-hybridized carbons (Fsp3) is 0.269. The number of aromatic nitrogens is 3. The highest BCUT2D eigenvalue weighted by Crippen LogP contribution is 2.32. The lowest BCUT2D eigenvalue weighted by Crippen LogP contribution is -2.24. The summed E-state index contributed by atoms with van der Waals surface area (Å²) in [6.45, 7) is 2.65. The number of rotatable bonds is 5. The van der Waals surface area contributed by atoms with Gasteiger partial charge in [0.25, 0.3) is 11.5 Å². The van der Waals surface area contributed by atoms with Crippen molar-refractivity contribution in [2.24, 2.45) is 0 Å². The number of aryl methyl sites for hydroxylation is 1. The minimum atomic E-state index is -0.486. The Kier molecular flexibility index (Phi) is 6.41. The van der Waals surface area contributed by atoms with Crippen molar-refractivity contribution in [2.45, 2.75) is 39.2 Å². The molecule has 9 heteroatoms. The lowest BCUT2D eigenvalue weighted by atomic mass is 10.1. The molecule has 4 aromatic rings. The number of carbonyl (C=O) groups excluding carboxylic acids is 2. The zero-order valence-electron chi connectivity index (χ0n) is 19.2. The predicted molar refractivity (Wildman–Crippen MR) is 135 cm³/mol. The van der Waals surface area contributed by atoms with E-state index in [2.05, 4.69) is 10.3 Å². The average molecular weight is 489 g/mol. The van der Waals surface area contributed by atoms with Crippen molar-refractivity contribution < 1.29 is 14.3 Å². The number of carbonyl (C=O) groups is 2. The molecule has 1 amide bonds. The molecule has 1 aliphatic heterocycles. The normalized spacial score (nSPS) is 13.2. The molecule has 1 aliphatic rings. The first-order chi connectivity index (χ1) is 17.0. The van der Waals surface area contributed by atoms with Gasteiger partial charge in [0, 0.05) is 24.1 Å². The first kappa shape index (κ1) is 22.9. The van der Waals surface area contributed by atoms with Crippen molar-refractivity contribution in [3.8, 4) is 11.3 Å². The van der Waals surface area contributed by atoms with Crippen LogP contribution >= 0.6 is 11.3 Å². The number of hydrogen-bond acceptors (Lipinski definition) is 7. The van der Waals surface area contributed by atoms with Crippen molar-refractivity contribution in [2.75, 3.05) is 11.9 Å². The van der Waals surface area contributed by atoms with Gasteiger partial charge in [-0.2, -0.15) is 0 Å². The molecule has 5 rings (SSSR count). The van der Waals surface area contributed by atoms with E-state index in [1.165, 1.54) is 0 Å². The molecule has 0 spiro atoms. The third kappa shape index (κ3) is 4.59. The Balaban J connectivity index is 1.47. The minimum Gasteiger partial charge on any atom is -0.462 e.